The number of allylic oxidation sites excluding steroid dienone is 7. The van der Waals surface area contributed by atoms with Crippen LogP contribution >= 0.6 is 0 Å². The van der Waals surface area contributed by atoms with E-state index in [9.17, 15) is 45.6 Å². The number of carbonyl (C=O) groups excluding carboxylic acids is 1. The van der Waals surface area contributed by atoms with E-state index in [1.807, 2.05) is 6.08 Å². The van der Waals surface area contributed by atoms with Gasteiger partial charge in [-0.05, 0) is 70.6 Å². The van der Waals surface area contributed by atoms with Gasteiger partial charge in [-0.2, -0.15) is 0 Å². The van der Waals surface area contributed by atoms with Crippen molar-refractivity contribution in [2.75, 3.05) is 19.8 Å². The van der Waals surface area contributed by atoms with Crippen molar-refractivity contribution in [1.82, 2.24) is 5.32 Å². The maximum absolute atomic E-state index is 13.4. The molecule has 2 aliphatic rings. The van der Waals surface area contributed by atoms with Crippen molar-refractivity contribution < 1.29 is 64.6 Å². The van der Waals surface area contributed by atoms with Gasteiger partial charge in [0.25, 0.3) is 0 Å². The molecule has 0 saturated carbocycles. The maximum atomic E-state index is 13.4. The van der Waals surface area contributed by atoms with E-state index < -0.39 is 86.8 Å². The molecule has 0 radical (unpaired) electrons. The highest BCUT2D eigenvalue weighted by Gasteiger charge is 2.51. The number of ether oxygens (including phenoxy) is 4. The van der Waals surface area contributed by atoms with Gasteiger partial charge in [0.1, 0.15) is 48.8 Å². The van der Waals surface area contributed by atoms with Crippen LogP contribution in [-0.2, 0) is 23.7 Å². The summed E-state index contributed by atoms with van der Waals surface area (Å²) >= 11 is 0. The summed E-state index contributed by atoms with van der Waals surface area (Å²) < 4.78 is 22.9. The van der Waals surface area contributed by atoms with E-state index in [1.165, 1.54) is 295 Å². The molecule has 2 fully saturated rings. The molecule has 1 amide bonds. The standard InChI is InChI=1S/C82H153NO13/c1-3-5-7-9-11-13-15-17-19-21-23-25-27-28-29-30-31-32-33-34-35-36-37-38-39-40-41-42-44-46-48-50-52-54-56-58-60-62-64-66-74(87)83-70(69-93-81-79(92)77(90)80(73(68-85)95-81)96-82-78(91)76(89)75(88)72(67-84)94-82)71(86)65-63-61-59-57-55-53-51-49-47-45-43-26-24-22-20-18-16-14-12-10-8-6-4-2/h21,23,47,49,55,57,63,65,70-73,75-82,84-86,88-92H,3-20,22,24-46,48,50-54,56,58-62,64,66-69H2,1-2H3,(H,83,87)/b23-21-,49-47+,57-55+,65-63+. The average Bonchev–Trinajstić information content (AvgIpc) is 0.806. The molecule has 2 rings (SSSR count). The van der Waals surface area contributed by atoms with Crippen LogP contribution in [0.25, 0.3) is 0 Å². The number of amides is 1. The summed E-state index contributed by atoms with van der Waals surface area (Å²) in [7, 11) is 0. The van der Waals surface area contributed by atoms with Gasteiger partial charge in [-0.25, -0.2) is 0 Å². The van der Waals surface area contributed by atoms with Crippen LogP contribution in [0, 0.1) is 0 Å². The maximum Gasteiger partial charge on any atom is 0.220 e. The van der Waals surface area contributed by atoms with Crippen molar-refractivity contribution >= 4 is 5.91 Å². The lowest BCUT2D eigenvalue weighted by molar-refractivity contribution is -0.359. The minimum Gasteiger partial charge on any atom is -0.394 e. The minimum atomic E-state index is -1.79. The Balaban J connectivity index is 1.58. The van der Waals surface area contributed by atoms with Crippen LogP contribution in [0.4, 0.5) is 0 Å². The smallest absolute Gasteiger partial charge is 0.220 e. The second kappa shape index (κ2) is 66.2. The highest BCUT2D eigenvalue weighted by atomic mass is 16.7. The molecule has 12 unspecified atom stereocenters. The number of aliphatic hydroxyl groups excluding tert-OH is 8. The molecule has 564 valence electrons. The van der Waals surface area contributed by atoms with E-state index in [0.717, 1.165) is 44.9 Å². The van der Waals surface area contributed by atoms with Crippen molar-refractivity contribution in [3.05, 3.63) is 48.6 Å². The first-order valence-corrected chi connectivity index (χ1v) is 40.9. The lowest BCUT2D eigenvalue weighted by Gasteiger charge is -2.46. The van der Waals surface area contributed by atoms with E-state index in [2.05, 4.69) is 55.6 Å². The zero-order chi connectivity index (χ0) is 69.4. The van der Waals surface area contributed by atoms with Gasteiger partial charge >= 0.3 is 0 Å². The van der Waals surface area contributed by atoms with E-state index in [0.29, 0.717) is 12.8 Å². The molecule has 9 N–H and O–H groups in total. The minimum absolute atomic E-state index is 0.246. The second-order valence-electron chi connectivity index (χ2n) is 28.9. The lowest BCUT2D eigenvalue weighted by atomic mass is 9.97. The first kappa shape index (κ1) is 90.0. The monoisotopic (exact) mass is 1360 g/mol. The molecule has 0 aromatic carbocycles. The number of rotatable bonds is 69. The Kier molecular flexibility index (Phi) is 62.1. The van der Waals surface area contributed by atoms with Crippen LogP contribution in [0.15, 0.2) is 48.6 Å². The number of carbonyl (C=O) groups is 1. The van der Waals surface area contributed by atoms with Crippen LogP contribution < -0.4 is 5.32 Å². The largest absolute Gasteiger partial charge is 0.394 e. The molecule has 96 heavy (non-hydrogen) atoms. The van der Waals surface area contributed by atoms with Gasteiger partial charge in [0, 0.05) is 6.42 Å². The normalized spacial score (nSPS) is 22.4. The number of unbranched alkanes of at least 4 members (excludes halogenated alkanes) is 50. The Morgan fingerprint density at radius 2 is 0.667 bits per heavy atom. The third-order valence-corrected chi connectivity index (χ3v) is 20.0. The Bertz CT molecular complexity index is 1800. The van der Waals surface area contributed by atoms with Crippen molar-refractivity contribution in [3.8, 4) is 0 Å². The lowest BCUT2D eigenvalue weighted by Crippen LogP contribution is -2.65. The third-order valence-electron chi connectivity index (χ3n) is 20.0. The zero-order valence-electron chi connectivity index (χ0n) is 61.9. The zero-order valence-corrected chi connectivity index (χ0v) is 61.9. The van der Waals surface area contributed by atoms with Crippen molar-refractivity contribution in [1.29, 1.82) is 0 Å². The molecule has 12 atom stereocenters. The van der Waals surface area contributed by atoms with E-state index in [1.54, 1.807) is 6.08 Å². The predicted molar refractivity (Wildman–Crippen MR) is 397 cm³/mol. The summed E-state index contributed by atoms with van der Waals surface area (Å²) in [6, 6.07) is -0.939. The summed E-state index contributed by atoms with van der Waals surface area (Å²) in [6.07, 6.45) is 72.2. The summed E-state index contributed by atoms with van der Waals surface area (Å²) in [5.74, 6) is -0.246. The van der Waals surface area contributed by atoms with Crippen LogP contribution in [0.2, 0.25) is 0 Å². The highest BCUT2D eigenvalue weighted by molar-refractivity contribution is 5.76. The van der Waals surface area contributed by atoms with E-state index in [4.69, 9.17) is 18.9 Å². The second-order valence-corrected chi connectivity index (χ2v) is 28.9. The van der Waals surface area contributed by atoms with Crippen molar-refractivity contribution in [2.45, 2.75) is 447 Å². The highest BCUT2D eigenvalue weighted by Crippen LogP contribution is 2.30. The summed E-state index contributed by atoms with van der Waals surface area (Å²) in [6.45, 7) is 2.83. The Morgan fingerprint density at radius 1 is 0.365 bits per heavy atom. The fraction of sp³-hybridized carbons (Fsp3) is 0.890. The van der Waals surface area contributed by atoms with Gasteiger partial charge in [-0.3, -0.25) is 4.79 Å². The molecule has 2 aliphatic heterocycles. The number of aliphatic hydroxyl groups is 8. The van der Waals surface area contributed by atoms with Crippen LogP contribution in [0.3, 0.4) is 0 Å². The molecule has 0 aromatic heterocycles. The first-order valence-electron chi connectivity index (χ1n) is 40.9. The molecule has 0 aromatic rings. The molecule has 2 saturated heterocycles. The van der Waals surface area contributed by atoms with Gasteiger partial charge in [0.15, 0.2) is 12.6 Å². The average molecular weight is 1360 g/mol. The Labute approximate surface area is 588 Å². The van der Waals surface area contributed by atoms with Crippen LogP contribution in [0.5, 0.6) is 0 Å². The Hall–Kier alpha value is -2.05. The third kappa shape index (κ3) is 48.7. The SMILES string of the molecule is CCCCCCCCCC/C=C\CCCCCCCCCCCCCCCCCCCCCCCCCCCCCC(=O)NC(COC1OC(CO)C(OC2OC(CO)C(O)C(O)C2O)C(O)C1O)C(O)/C=C/CC/C=C/CC/C=C/CCCCCCCCCCCCCCC. The van der Waals surface area contributed by atoms with Gasteiger partial charge in [0.2, 0.25) is 5.91 Å². The van der Waals surface area contributed by atoms with Gasteiger partial charge in [-0.1, -0.05) is 345 Å². The molecule has 0 aliphatic carbocycles. The topological polar surface area (TPSA) is 228 Å². The van der Waals surface area contributed by atoms with Gasteiger partial charge in [-0.15, -0.1) is 0 Å². The summed E-state index contributed by atoms with van der Waals surface area (Å²) in [4.78, 5) is 13.4. The van der Waals surface area contributed by atoms with Crippen molar-refractivity contribution in [3.63, 3.8) is 0 Å². The van der Waals surface area contributed by atoms with Gasteiger partial charge in [0.05, 0.1) is 32.0 Å². The molecule has 0 spiro atoms. The molecular formula is C82H153NO13. The molecule has 14 heteroatoms. The van der Waals surface area contributed by atoms with E-state index >= 15 is 0 Å². The quantitative estimate of drug-likeness (QED) is 0.0204. The molecule has 0 bridgehead atoms. The molecule has 2 heterocycles. The van der Waals surface area contributed by atoms with Crippen molar-refractivity contribution in [2.24, 2.45) is 0 Å². The van der Waals surface area contributed by atoms with Crippen LogP contribution in [-0.4, -0.2) is 140 Å². The fourth-order valence-corrected chi connectivity index (χ4v) is 13.5. The number of hydrogen-bond acceptors (Lipinski definition) is 13. The van der Waals surface area contributed by atoms with Crippen LogP contribution in [0.1, 0.15) is 373 Å². The predicted octanol–water partition coefficient (Wildman–Crippen LogP) is 18.6. The van der Waals surface area contributed by atoms with E-state index in [-0.39, 0.29) is 18.9 Å². The fourth-order valence-electron chi connectivity index (χ4n) is 13.5. The summed E-state index contributed by atoms with van der Waals surface area (Å²) in [5.41, 5.74) is 0. The number of nitrogens with one attached hydrogen (secondary N) is 1. The molecule has 14 nitrogen and oxygen atoms in total. The Morgan fingerprint density at radius 3 is 1.02 bits per heavy atom. The number of hydrogen-bond donors (Lipinski definition) is 9. The molecular weight excluding hydrogens is 1210 g/mol. The first-order chi connectivity index (χ1) is 47.1. The van der Waals surface area contributed by atoms with Gasteiger partial charge < -0.3 is 65.1 Å². The summed E-state index contributed by atoms with van der Waals surface area (Å²) in [5, 5.41) is 87.6.